The largest absolute Gasteiger partial charge is 0.492 e. The first kappa shape index (κ1) is 21.7. The number of benzene rings is 1. The number of halogens is 3. The molecule has 10 heteroatoms. The van der Waals surface area contributed by atoms with Crippen molar-refractivity contribution >= 4 is 22.4 Å². The second-order valence-corrected chi connectivity index (χ2v) is 8.68. The number of nitrogens with zero attached hydrogens (tertiary/aromatic N) is 4. The molecule has 5 rings (SSSR count). The summed E-state index contributed by atoms with van der Waals surface area (Å²) < 4.78 is 45.1. The van der Waals surface area contributed by atoms with Crippen LogP contribution in [0.4, 0.5) is 24.7 Å². The van der Waals surface area contributed by atoms with Crippen molar-refractivity contribution in [2.45, 2.75) is 51.0 Å². The minimum Gasteiger partial charge on any atom is -0.492 e. The number of aromatic hydroxyl groups is 1. The maximum Gasteiger partial charge on any atom is 0.416 e. The van der Waals surface area contributed by atoms with E-state index in [0.717, 1.165) is 25.0 Å². The molecule has 2 aliphatic rings. The van der Waals surface area contributed by atoms with Gasteiger partial charge in [-0.1, -0.05) is 12.1 Å². The molecular weight excluding hydrogens is 435 g/mol. The Hall–Kier alpha value is -3.14. The fraction of sp³-hybridized carbons (Fsp3) is 0.435. The fourth-order valence-electron chi connectivity index (χ4n) is 4.77. The first-order valence-electron chi connectivity index (χ1n) is 10.9. The number of nitrogens with one attached hydrogen (secondary N) is 1. The second-order valence-electron chi connectivity index (χ2n) is 8.68. The lowest BCUT2D eigenvalue weighted by atomic mass is 10.0. The van der Waals surface area contributed by atoms with E-state index in [1.807, 2.05) is 6.07 Å². The Morgan fingerprint density at radius 1 is 1.15 bits per heavy atom. The summed E-state index contributed by atoms with van der Waals surface area (Å²) in [5.74, 6) is 0.323. The van der Waals surface area contributed by atoms with Crippen LogP contribution >= 0.6 is 0 Å². The molecule has 2 saturated heterocycles. The van der Waals surface area contributed by atoms with Gasteiger partial charge in [0.15, 0.2) is 5.82 Å². The lowest BCUT2D eigenvalue weighted by Gasteiger charge is -2.36. The van der Waals surface area contributed by atoms with E-state index in [1.54, 1.807) is 19.9 Å². The third-order valence-corrected chi connectivity index (χ3v) is 6.47. The standard InChI is InChI=1S/C23H24F3N5O2/c1-12(14-4-3-5-15(8-14)23(24,25)26)27-21-18-9-19(22(32)28-20(18)13(2)29-30-21)31-16-6-7-17(31)11-33-10-16/h3-5,8-9,12,16-17H,6-7,10-11H2,1-2H3,(H,27,30)(H,28,32)/t12-,16?,17?/m1/s1. The molecule has 0 radical (unpaired) electrons. The predicted molar refractivity (Wildman–Crippen MR) is 117 cm³/mol. The highest BCUT2D eigenvalue weighted by molar-refractivity contribution is 5.93. The molecule has 2 aromatic heterocycles. The topological polar surface area (TPSA) is 83.4 Å². The number of alkyl halides is 3. The Bertz CT molecular complexity index is 1190. The number of aromatic nitrogens is 3. The van der Waals surface area contributed by atoms with Crippen LogP contribution in [0.5, 0.6) is 5.88 Å². The van der Waals surface area contributed by atoms with Gasteiger partial charge in [0.05, 0.1) is 42.6 Å². The number of fused-ring (bicyclic) bond motifs is 3. The third-order valence-electron chi connectivity index (χ3n) is 6.47. The summed E-state index contributed by atoms with van der Waals surface area (Å²) in [4.78, 5) is 6.58. The van der Waals surface area contributed by atoms with Crippen LogP contribution in [0.15, 0.2) is 30.3 Å². The number of ether oxygens (including phenoxy) is 1. The van der Waals surface area contributed by atoms with E-state index in [9.17, 15) is 18.3 Å². The Kier molecular flexibility index (Phi) is 5.27. The zero-order chi connectivity index (χ0) is 23.3. The van der Waals surface area contributed by atoms with E-state index in [2.05, 4.69) is 25.4 Å². The summed E-state index contributed by atoms with van der Waals surface area (Å²) in [6.45, 7) is 4.71. The van der Waals surface area contributed by atoms with Crippen LogP contribution in [0.1, 0.15) is 42.6 Å². The van der Waals surface area contributed by atoms with Crippen molar-refractivity contribution in [3.63, 3.8) is 0 Å². The van der Waals surface area contributed by atoms with Crippen LogP contribution in [-0.4, -0.2) is 45.6 Å². The summed E-state index contributed by atoms with van der Waals surface area (Å²) in [5, 5.41) is 23.0. The van der Waals surface area contributed by atoms with E-state index in [4.69, 9.17) is 4.74 Å². The van der Waals surface area contributed by atoms with Gasteiger partial charge in [-0.3, -0.25) is 0 Å². The summed E-state index contributed by atoms with van der Waals surface area (Å²) in [7, 11) is 0. The van der Waals surface area contributed by atoms with Crippen molar-refractivity contribution in [1.82, 2.24) is 15.2 Å². The van der Waals surface area contributed by atoms with Crippen molar-refractivity contribution in [3.8, 4) is 5.88 Å². The smallest absolute Gasteiger partial charge is 0.416 e. The number of morpholine rings is 1. The Balaban J connectivity index is 1.53. The summed E-state index contributed by atoms with van der Waals surface area (Å²) >= 11 is 0. The molecule has 2 fully saturated rings. The maximum atomic E-state index is 13.1. The Morgan fingerprint density at radius 3 is 2.58 bits per heavy atom. The quantitative estimate of drug-likeness (QED) is 0.590. The van der Waals surface area contributed by atoms with Gasteiger partial charge in [-0.25, -0.2) is 4.98 Å². The maximum absolute atomic E-state index is 13.1. The molecule has 33 heavy (non-hydrogen) atoms. The molecule has 0 aliphatic carbocycles. The summed E-state index contributed by atoms with van der Waals surface area (Å²) in [6.07, 6.45) is -2.46. The molecule has 0 saturated carbocycles. The lowest BCUT2D eigenvalue weighted by Crippen LogP contribution is -2.46. The van der Waals surface area contributed by atoms with Crippen molar-refractivity contribution in [3.05, 3.63) is 47.2 Å². The van der Waals surface area contributed by atoms with E-state index in [0.29, 0.717) is 46.9 Å². The minimum atomic E-state index is -4.42. The molecule has 174 valence electrons. The molecule has 2 aliphatic heterocycles. The first-order chi connectivity index (χ1) is 15.7. The average Bonchev–Trinajstić information content (AvgIpc) is 3.02. The average molecular weight is 459 g/mol. The molecule has 2 unspecified atom stereocenters. The fourth-order valence-corrected chi connectivity index (χ4v) is 4.77. The van der Waals surface area contributed by atoms with Gasteiger partial charge >= 0.3 is 6.18 Å². The molecular formula is C23H24F3N5O2. The normalized spacial score (nSPS) is 21.4. The molecule has 7 nitrogen and oxygen atoms in total. The van der Waals surface area contributed by atoms with Crippen molar-refractivity contribution in [1.29, 1.82) is 0 Å². The van der Waals surface area contributed by atoms with Crippen LogP contribution in [0.25, 0.3) is 10.9 Å². The van der Waals surface area contributed by atoms with Gasteiger partial charge in [0, 0.05) is 5.39 Å². The molecule has 0 amide bonds. The molecule has 2 N–H and O–H groups in total. The Morgan fingerprint density at radius 2 is 1.88 bits per heavy atom. The van der Waals surface area contributed by atoms with E-state index < -0.39 is 17.8 Å². The number of anilines is 2. The van der Waals surface area contributed by atoms with Crippen molar-refractivity contribution in [2.24, 2.45) is 0 Å². The Labute approximate surface area is 188 Å². The van der Waals surface area contributed by atoms with Crippen molar-refractivity contribution < 1.29 is 23.0 Å². The van der Waals surface area contributed by atoms with Gasteiger partial charge in [-0.05, 0) is 50.5 Å². The van der Waals surface area contributed by atoms with Crippen LogP contribution in [-0.2, 0) is 10.9 Å². The van der Waals surface area contributed by atoms with Crippen LogP contribution < -0.4 is 10.2 Å². The van der Waals surface area contributed by atoms with Gasteiger partial charge in [-0.2, -0.15) is 18.3 Å². The van der Waals surface area contributed by atoms with Gasteiger partial charge in [0.1, 0.15) is 11.2 Å². The molecule has 4 heterocycles. The highest BCUT2D eigenvalue weighted by Crippen LogP contribution is 2.41. The van der Waals surface area contributed by atoms with Gasteiger partial charge in [-0.15, -0.1) is 5.10 Å². The number of aryl methyl sites for hydroxylation is 1. The van der Waals surface area contributed by atoms with Gasteiger partial charge in [0.2, 0.25) is 5.88 Å². The van der Waals surface area contributed by atoms with E-state index in [1.165, 1.54) is 6.07 Å². The molecule has 0 spiro atoms. The highest BCUT2D eigenvalue weighted by atomic mass is 19.4. The molecule has 1 aromatic carbocycles. The monoisotopic (exact) mass is 459 g/mol. The van der Waals surface area contributed by atoms with E-state index >= 15 is 0 Å². The summed E-state index contributed by atoms with van der Waals surface area (Å²) in [6, 6.07) is 6.92. The number of pyridine rings is 1. The minimum absolute atomic E-state index is 0.0747. The molecule has 3 aromatic rings. The second kappa shape index (κ2) is 8.02. The van der Waals surface area contributed by atoms with Crippen LogP contribution in [0.2, 0.25) is 0 Å². The zero-order valence-corrected chi connectivity index (χ0v) is 18.2. The number of rotatable bonds is 4. The van der Waals surface area contributed by atoms with Crippen LogP contribution in [0.3, 0.4) is 0 Å². The first-order valence-corrected chi connectivity index (χ1v) is 10.9. The molecule has 2 bridgehead atoms. The van der Waals surface area contributed by atoms with E-state index in [-0.39, 0.29) is 18.0 Å². The lowest BCUT2D eigenvalue weighted by molar-refractivity contribution is -0.137. The van der Waals surface area contributed by atoms with Crippen molar-refractivity contribution in [2.75, 3.05) is 23.4 Å². The van der Waals surface area contributed by atoms with Gasteiger partial charge in [0.25, 0.3) is 0 Å². The van der Waals surface area contributed by atoms with Gasteiger partial charge < -0.3 is 20.1 Å². The van der Waals surface area contributed by atoms with Crippen LogP contribution in [0, 0.1) is 6.92 Å². The third kappa shape index (κ3) is 3.92. The zero-order valence-electron chi connectivity index (χ0n) is 18.2. The number of hydrogen-bond acceptors (Lipinski definition) is 7. The highest BCUT2D eigenvalue weighted by Gasteiger charge is 2.39. The SMILES string of the molecule is Cc1nnc(N[C@H](C)c2cccc(C(F)(F)F)c2)c2cc(N3C4CCC3COC4)c(O)nc12. The predicted octanol–water partition coefficient (Wildman–Crippen LogP) is 4.60. The molecule has 3 atom stereocenters. The number of hydrogen-bond donors (Lipinski definition) is 2. The summed E-state index contributed by atoms with van der Waals surface area (Å²) in [5.41, 5.74) is 1.42.